The number of fused-ring (bicyclic) bond motifs is 1. The van der Waals surface area contributed by atoms with E-state index in [1.807, 2.05) is 0 Å². The molecule has 1 aromatic carbocycles. The predicted octanol–water partition coefficient (Wildman–Crippen LogP) is 2.42. The van der Waals surface area contributed by atoms with Crippen LogP contribution in [0.2, 0.25) is 0 Å². The van der Waals surface area contributed by atoms with Gasteiger partial charge < -0.3 is 5.73 Å². The molecular formula is C12H8F3N7O2S. The highest BCUT2D eigenvalue weighted by Gasteiger charge is 2.38. The number of aromatic nitrogens is 5. The molecule has 9 nitrogen and oxygen atoms in total. The van der Waals surface area contributed by atoms with Crippen molar-refractivity contribution in [2.75, 3.05) is 12.0 Å². The third-order valence-corrected chi connectivity index (χ3v) is 3.70. The van der Waals surface area contributed by atoms with Gasteiger partial charge in [0.25, 0.3) is 11.5 Å². The average Bonchev–Trinajstić information content (AvgIpc) is 2.98. The van der Waals surface area contributed by atoms with E-state index in [4.69, 9.17) is 5.73 Å². The highest BCUT2D eigenvalue weighted by atomic mass is 32.2. The third-order valence-electron chi connectivity index (χ3n) is 3.15. The molecule has 130 valence electrons. The van der Waals surface area contributed by atoms with Gasteiger partial charge in [0.05, 0.1) is 4.92 Å². The Morgan fingerprint density at radius 1 is 1.28 bits per heavy atom. The molecule has 3 aromatic rings. The molecule has 0 saturated carbocycles. The molecule has 0 atom stereocenters. The van der Waals surface area contributed by atoms with E-state index < -0.39 is 22.4 Å². The molecule has 3 rings (SSSR count). The lowest BCUT2D eigenvalue weighted by Crippen LogP contribution is -2.09. The van der Waals surface area contributed by atoms with Gasteiger partial charge in [-0.15, -0.1) is 5.10 Å². The lowest BCUT2D eigenvalue weighted by Gasteiger charge is -2.07. The number of anilines is 1. The van der Waals surface area contributed by atoms with Gasteiger partial charge in [-0.05, 0) is 12.3 Å². The van der Waals surface area contributed by atoms with Crippen LogP contribution in [0.3, 0.4) is 0 Å². The van der Waals surface area contributed by atoms with Crippen LogP contribution in [-0.2, 0) is 6.18 Å². The Morgan fingerprint density at radius 3 is 2.60 bits per heavy atom. The molecule has 0 aliphatic carbocycles. The first-order valence-electron chi connectivity index (χ1n) is 6.51. The largest absolute Gasteiger partial charge is 0.422 e. The molecule has 0 radical (unpaired) electrons. The smallest absolute Gasteiger partial charge is 0.368 e. The molecule has 0 amide bonds. The summed E-state index contributed by atoms with van der Waals surface area (Å²) in [5, 5.41) is 15.3. The first-order valence-corrected chi connectivity index (χ1v) is 7.73. The summed E-state index contributed by atoms with van der Waals surface area (Å²) in [7, 11) is 0. The summed E-state index contributed by atoms with van der Waals surface area (Å²) in [6.45, 7) is 0. The van der Waals surface area contributed by atoms with Crippen molar-refractivity contribution in [3.8, 4) is 11.4 Å². The van der Waals surface area contributed by atoms with Gasteiger partial charge >= 0.3 is 6.18 Å². The van der Waals surface area contributed by atoms with Gasteiger partial charge in [0.2, 0.25) is 5.95 Å². The van der Waals surface area contributed by atoms with E-state index in [2.05, 4.69) is 20.1 Å². The van der Waals surface area contributed by atoms with E-state index in [0.29, 0.717) is 11.2 Å². The van der Waals surface area contributed by atoms with E-state index in [-0.39, 0.29) is 23.1 Å². The Kier molecular flexibility index (Phi) is 3.94. The quantitative estimate of drug-likeness (QED) is 0.423. The second-order valence-electron chi connectivity index (χ2n) is 4.70. The topological polar surface area (TPSA) is 125 Å². The second kappa shape index (κ2) is 5.84. The molecule has 2 aromatic heterocycles. The van der Waals surface area contributed by atoms with Crippen molar-refractivity contribution in [3.05, 3.63) is 33.9 Å². The van der Waals surface area contributed by atoms with Crippen LogP contribution in [0.15, 0.2) is 23.4 Å². The Labute approximate surface area is 141 Å². The first-order chi connectivity index (χ1) is 11.7. The van der Waals surface area contributed by atoms with Crippen LogP contribution in [0.1, 0.15) is 5.56 Å². The van der Waals surface area contributed by atoms with Crippen molar-refractivity contribution in [2.24, 2.45) is 0 Å². The number of nitrogen functional groups attached to an aromatic ring is 1. The summed E-state index contributed by atoms with van der Waals surface area (Å²) in [5.41, 5.74) is 3.30. The van der Waals surface area contributed by atoms with Gasteiger partial charge in [0, 0.05) is 11.6 Å². The van der Waals surface area contributed by atoms with Crippen LogP contribution < -0.4 is 5.73 Å². The van der Waals surface area contributed by atoms with Gasteiger partial charge in [-0.3, -0.25) is 10.1 Å². The second-order valence-corrected chi connectivity index (χ2v) is 5.48. The fraction of sp³-hybridized carbons (Fsp3) is 0.167. The number of rotatable bonds is 3. The number of nitro groups is 1. The monoisotopic (exact) mass is 371 g/mol. The average molecular weight is 371 g/mol. The zero-order valence-electron chi connectivity index (χ0n) is 12.4. The highest BCUT2D eigenvalue weighted by Crippen LogP contribution is 2.37. The standard InChI is InChI=1S/C12H8F3N7O2S/c1-25-11-18-9(16)21-10(19-11)17-8(20-21)5-2-3-6(12(13,14)15)7(4-5)22(23)24/h2-4H,1H3,(H2,16,17,18,19,20). The summed E-state index contributed by atoms with van der Waals surface area (Å²) in [6, 6.07) is 2.42. The molecule has 0 aliphatic heterocycles. The number of halogens is 3. The van der Waals surface area contributed by atoms with Crippen LogP contribution in [-0.4, -0.2) is 35.7 Å². The Balaban J connectivity index is 2.16. The predicted molar refractivity (Wildman–Crippen MR) is 81.9 cm³/mol. The van der Waals surface area contributed by atoms with Gasteiger partial charge in [-0.2, -0.15) is 32.6 Å². The van der Waals surface area contributed by atoms with Crippen molar-refractivity contribution in [3.63, 3.8) is 0 Å². The zero-order chi connectivity index (χ0) is 18.4. The molecule has 25 heavy (non-hydrogen) atoms. The number of nitrogens with two attached hydrogens (primary N) is 1. The van der Waals surface area contributed by atoms with Crippen molar-refractivity contribution in [2.45, 2.75) is 11.3 Å². The minimum atomic E-state index is -4.85. The summed E-state index contributed by atoms with van der Waals surface area (Å²) >= 11 is 1.22. The molecular weight excluding hydrogens is 363 g/mol. The number of alkyl halides is 3. The lowest BCUT2D eigenvalue weighted by atomic mass is 10.1. The van der Waals surface area contributed by atoms with Crippen molar-refractivity contribution in [1.29, 1.82) is 0 Å². The van der Waals surface area contributed by atoms with E-state index in [1.54, 1.807) is 6.26 Å². The van der Waals surface area contributed by atoms with Gasteiger partial charge in [-0.1, -0.05) is 17.8 Å². The zero-order valence-corrected chi connectivity index (χ0v) is 13.2. The van der Waals surface area contributed by atoms with Crippen LogP contribution in [0.25, 0.3) is 17.2 Å². The fourth-order valence-electron chi connectivity index (χ4n) is 2.06. The number of benzene rings is 1. The first kappa shape index (κ1) is 16.9. The van der Waals surface area contributed by atoms with Gasteiger partial charge in [0.1, 0.15) is 5.56 Å². The minimum absolute atomic E-state index is 0.0190. The summed E-state index contributed by atoms with van der Waals surface area (Å²) in [6.07, 6.45) is -3.13. The van der Waals surface area contributed by atoms with E-state index in [1.165, 1.54) is 11.8 Å². The number of thioether (sulfide) groups is 1. The molecule has 2 heterocycles. The molecule has 0 fully saturated rings. The van der Waals surface area contributed by atoms with Crippen LogP contribution >= 0.6 is 11.8 Å². The van der Waals surface area contributed by atoms with Crippen LogP contribution in [0, 0.1) is 10.1 Å². The molecule has 13 heteroatoms. The molecule has 2 N–H and O–H groups in total. The Bertz CT molecular complexity index is 989. The lowest BCUT2D eigenvalue weighted by molar-refractivity contribution is -0.388. The summed E-state index contributed by atoms with van der Waals surface area (Å²) in [5.74, 6) is -0.00000933. The summed E-state index contributed by atoms with van der Waals surface area (Å²) < 4.78 is 39.7. The minimum Gasteiger partial charge on any atom is -0.368 e. The van der Waals surface area contributed by atoms with Gasteiger partial charge in [0.15, 0.2) is 11.0 Å². The highest BCUT2D eigenvalue weighted by molar-refractivity contribution is 7.98. The fourth-order valence-corrected chi connectivity index (χ4v) is 2.42. The third kappa shape index (κ3) is 3.05. The van der Waals surface area contributed by atoms with Crippen molar-refractivity contribution >= 4 is 29.2 Å². The maximum atomic E-state index is 12.9. The maximum absolute atomic E-state index is 12.9. The molecule has 0 saturated heterocycles. The van der Waals surface area contributed by atoms with E-state index >= 15 is 0 Å². The van der Waals surface area contributed by atoms with Gasteiger partial charge in [-0.25, -0.2) is 0 Å². The Hall–Kier alpha value is -2.96. The maximum Gasteiger partial charge on any atom is 0.422 e. The molecule has 0 aliphatic rings. The molecule has 0 spiro atoms. The number of nitro benzene ring substituents is 1. The van der Waals surface area contributed by atoms with E-state index in [9.17, 15) is 23.3 Å². The molecule has 0 bridgehead atoms. The van der Waals surface area contributed by atoms with Crippen LogP contribution in [0.5, 0.6) is 0 Å². The van der Waals surface area contributed by atoms with E-state index in [0.717, 1.165) is 16.6 Å². The summed E-state index contributed by atoms with van der Waals surface area (Å²) in [4.78, 5) is 21.9. The van der Waals surface area contributed by atoms with Crippen LogP contribution in [0.4, 0.5) is 24.8 Å². The number of hydrogen-bond donors (Lipinski definition) is 1. The number of nitrogens with zero attached hydrogens (tertiary/aromatic N) is 6. The van der Waals surface area contributed by atoms with Crippen molar-refractivity contribution in [1.82, 2.24) is 24.6 Å². The normalized spacial score (nSPS) is 11.8. The Morgan fingerprint density at radius 2 is 2.00 bits per heavy atom. The molecule has 0 unspecified atom stereocenters. The SMILES string of the molecule is CSc1nc(N)n2nc(-c3ccc(C(F)(F)F)c([N+](=O)[O-])c3)nc2n1. The van der Waals surface area contributed by atoms with Crippen molar-refractivity contribution < 1.29 is 18.1 Å². The number of hydrogen-bond acceptors (Lipinski definition) is 8.